The molecule has 12 heteroatoms. The predicted molar refractivity (Wildman–Crippen MR) is 154 cm³/mol. The molecule has 3 aromatic rings. The van der Waals surface area contributed by atoms with Crippen LogP contribution in [-0.2, 0) is 12.7 Å². The van der Waals surface area contributed by atoms with Crippen LogP contribution in [0.5, 0.6) is 0 Å². The van der Waals surface area contributed by atoms with Crippen LogP contribution in [0.4, 0.5) is 18.2 Å². The fourth-order valence-electron chi connectivity index (χ4n) is 3.88. The summed E-state index contributed by atoms with van der Waals surface area (Å²) in [5, 5.41) is 8.06. The molecule has 2 aromatic carbocycles. The summed E-state index contributed by atoms with van der Waals surface area (Å²) in [6.07, 6.45) is -3.53. The van der Waals surface area contributed by atoms with Crippen LogP contribution in [0, 0.1) is 0 Å². The third-order valence-corrected chi connectivity index (χ3v) is 7.31. The number of likely N-dealkylation sites (N-methyl/N-ethyl adjacent to an activating group) is 2. The largest absolute Gasteiger partial charge is 0.417 e. The van der Waals surface area contributed by atoms with Gasteiger partial charge in [-0.1, -0.05) is 43.6 Å². The summed E-state index contributed by atoms with van der Waals surface area (Å²) < 4.78 is 39.2. The van der Waals surface area contributed by atoms with Crippen LogP contribution in [0.3, 0.4) is 0 Å². The zero-order valence-electron chi connectivity index (χ0n) is 22.4. The summed E-state index contributed by atoms with van der Waals surface area (Å²) >= 11 is 6.80. The van der Waals surface area contributed by atoms with Crippen LogP contribution < -0.4 is 10.7 Å². The first kappa shape index (κ1) is 31.3. The van der Waals surface area contributed by atoms with Crippen molar-refractivity contribution in [2.45, 2.75) is 26.6 Å². The van der Waals surface area contributed by atoms with Crippen LogP contribution in [-0.4, -0.2) is 61.1 Å². The number of carbonyl (C=O) groups is 2. The van der Waals surface area contributed by atoms with E-state index in [9.17, 15) is 22.8 Å². The maximum Gasteiger partial charge on any atom is 0.417 e. The fraction of sp³-hybridized carbons (Fsp3) is 0.321. The molecule has 0 bridgehead atoms. The van der Waals surface area contributed by atoms with Crippen LogP contribution in [0.15, 0.2) is 59.0 Å². The standard InChI is InChI=1S/C28H31ClF3N5O2S/c1-4-37(5-2)13-12-36(3)18-20-7-6-8-21(15-20)25(38)34-27-22(11-14-40-27)26(39)35-33-17-19-9-10-24(29)23(16-19)28(30,31)32/h6-11,14-17H,4-5,12-13,18H2,1-3H3,(H,34,38)(H,35,39)/b33-17-. The number of nitrogens with one attached hydrogen (secondary N) is 2. The number of amides is 2. The highest BCUT2D eigenvalue weighted by Gasteiger charge is 2.33. The molecule has 1 aromatic heterocycles. The van der Waals surface area contributed by atoms with Crippen molar-refractivity contribution >= 4 is 46.0 Å². The van der Waals surface area contributed by atoms with Gasteiger partial charge < -0.3 is 15.1 Å². The monoisotopic (exact) mass is 593 g/mol. The molecule has 0 atom stereocenters. The lowest BCUT2D eigenvalue weighted by Crippen LogP contribution is -2.32. The lowest BCUT2D eigenvalue weighted by molar-refractivity contribution is -0.137. The van der Waals surface area contributed by atoms with Gasteiger partial charge in [-0.15, -0.1) is 11.3 Å². The number of hydrogen-bond acceptors (Lipinski definition) is 6. The molecule has 1 heterocycles. The zero-order chi connectivity index (χ0) is 29.3. The molecule has 0 aliphatic heterocycles. The molecule has 0 radical (unpaired) electrons. The Labute approximate surface area is 240 Å². The van der Waals surface area contributed by atoms with Gasteiger partial charge in [0.15, 0.2) is 0 Å². The average molecular weight is 594 g/mol. The highest BCUT2D eigenvalue weighted by molar-refractivity contribution is 7.14. The van der Waals surface area contributed by atoms with Gasteiger partial charge in [0.1, 0.15) is 5.00 Å². The topological polar surface area (TPSA) is 77.0 Å². The van der Waals surface area contributed by atoms with Gasteiger partial charge in [-0.25, -0.2) is 5.43 Å². The Morgan fingerprint density at radius 3 is 2.50 bits per heavy atom. The second-order valence-electron chi connectivity index (χ2n) is 9.02. The van der Waals surface area contributed by atoms with E-state index in [4.69, 9.17) is 11.6 Å². The Morgan fingerprint density at radius 1 is 1.05 bits per heavy atom. The Kier molecular flexibility index (Phi) is 11.3. The molecule has 40 heavy (non-hydrogen) atoms. The minimum Gasteiger partial charge on any atom is -0.313 e. The van der Waals surface area contributed by atoms with Crippen molar-refractivity contribution in [2.24, 2.45) is 5.10 Å². The van der Waals surface area contributed by atoms with Crippen molar-refractivity contribution in [3.05, 3.63) is 86.8 Å². The molecule has 0 aliphatic rings. The second-order valence-corrected chi connectivity index (χ2v) is 10.3. The normalized spacial score (nSPS) is 11.9. The van der Waals surface area contributed by atoms with E-state index in [2.05, 4.69) is 39.5 Å². The molecule has 0 saturated carbocycles. The Hall–Kier alpha value is -3.25. The third-order valence-electron chi connectivity index (χ3n) is 6.15. The highest BCUT2D eigenvalue weighted by Crippen LogP contribution is 2.34. The van der Waals surface area contributed by atoms with Crippen LogP contribution in [0.25, 0.3) is 0 Å². The summed E-state index contributed by atoms with van der Waals surface area (Å²) in [6, 6.07) is 12.1. The number of halogens is 4. The summed E-state index contributed by atoms with van der Waals surface area (Å²) in [5.41, 5.74) is 3.01. The third kappa shape index (κ3) is 8.88. The molecule has 0 saturated heterocycles. The molecule has 3 rings (SSSR count). The SMILES string of the molecule is CCN(CC)CCN(C)Cc1cccc(C(=O)Nc2sccc2C(=O)N/N=C\c2ccc(Cl)c(C(F)(F)F)c2)c1. The zero-order valence-corrected chi connectivity index (χ0v) is 24.0. The minimum absolute atomic E-state index is 0.106. The van der Waals surface area contributed by atoms with Crippen molar-refractivity contribution in [2.75, 3.05) is 38.5 Å². The van der Waals surface area contributed by atoms with E-state index in [0.717, 1.165) is 50.1 Å². The van der Waals surface area contributed by atoms with Crippen molar-refractivity contribution < 1.29 is 22.8 Å². The lowest BCUT2D eigenvalue weighted by Gasteiger charge is -2.23. The number of carbonyl (C=O) groups excluding carboxylic acids is 2. The van der Waals surface area contributed by atoms with Crippen molar-refractivity contribution in [1.82, 2.24) is 15.2 Å². The summed E-state index contributed by atoms with van der Waals surface area (Å²) in [4.78, 5) is 30.2. The van der Waals surface area contributed by atoms with Crippen molar-refractivity contribution in [1.29, 1.82) is 0 Å². The highest BCUT2D eigenvalue weighted by atomic mass is 35.5. The van der Waals surface area contributed by atoms with Gasteiger partial charge in [-0.3, -0.25) is 9.59 Å². The molecular formula is C28H31ClF3N5O2S. The number of hydrazone groups is 1. The molecule has 0 spiro atoms. The predicted octanol–water partition coefficient (Wildman–Crippen LogP) is 6.21. The summed E-state index contributed by atoms with van der Waals surface area (Å²) in [6.45, 7) is 8.82. The lowest BCUT2D eigenvalue weighted by atomic mass is 10.1. The van der Waals surface area contributed by atoms with E-state index >= 15 is 0 Å². The first-order valence-electron chi connectivity index (χ1n) is 12.6. The van der Waals surface area contributed by atoms with Gasteiger partial charge in [0.2, 0.25) is 0 Å². The van der Waals surface area contributed by atoms with Crippen molar-refractivity contribution in [3.8, 4) is 0 Å². The maximum atomic E-state index is 13.1. The first-order valence-corrected chi connectivity index (χ1v) is 13.9. The van der Waals surface area contributed by atoms with E-state index in [0.29, 0.717) is 17.1 Å². The van der Waals surface area contributed by atoms with Gasteiger partial charge >= 0.3 is 6.18 Å². The maximum absolute atomic E-state index is 13.1. The van der Waals surface area contributed by atoms with Gasteiger partial charge in [0, 0.05) is 25.2 Å². The number of alkyl halides is 3. The molecule has 0 unspecified atom stereocenters. The van der Waals surface area contributed by atoms with E-state index in [1.807, 2.05) is 25.2 Å². The molecular weight excluding hydrogens is 563 g/mol. The molecule has 2 amide bonds. The smallest absolute Gasteiger partial charge is 0.313 e. The summed E-state index contributed by atoms with van der Waals surface area (Å²) in [5.74, 6) is -0.991. The number of rotatable bonds is 12. The number of hydrogen-bond donors (Lipinski definition) is 2. The van der Waals surface area contributed by atoms with Gasteiger partial charge in [-0.2, -0.15) is 18.3 Å². The van der Waals surface area contributed by atoms with Gasteiger partial charge in [-0.05, 0) is 67.0 Å². The number of thiophene rings is 1. The Bertz CT molecular complexity index is 1340. The number of nitrogens with zero attached hydrogens (tertiary/aromatic N) is 3. The number of benzene rings is 2. The molecule has 214 valence electrons. The van der Waals surface area contributed by atoms with Crippen LogP contribution in [0.1, 0.15) is 51.3 Å². The van der Waals surface area contributed by atoms with E-state index < -0.39 is 22.7 Å². The van der Waals surface area contributed by atoms with Crippen LogP contribution in [0.2, 0.25) is 5.02 Å². The van der Waals surface area contributed by atoms with E-state index in [1.165, 1.54) is 23.5 Å². The van der Waals surface area contributed by atoms with Gasteiger partial charge in [0.25, 0.3) is 11.8 Å². The minimum atomic E-state index is -4.62. The second kappa shape index (κ2) is 14.4. The Balaban J connectivity index is 1.61. The number of anilines is 1. The fourth-order valence-corrected chi connectivity index (χ4v) is 4.88. The average Bonchev–Trinajstić information content (AvgIpc) is 3.38. The van der Waals surface area contributed by atoms with Crippen molar-refractivity contribution in [3.63, 3.8) is 0 Å². The molecule has 0 aliphatic carbocycles. The molecule has 2 N–H and O–H groups in total. The first-order chi connectivity index (χ1) is 19.0. The van der Waals surface area contributed by atoms with Crippen LogP contribution >= 0.6 is 22.9 Å². The molecule has 0 fully saturated rings. The van der Waals surface area contributed by atoms with Gasteiger partial charge in [0.05, 0.1) is 22.4 Å². The van der Waals surface area contributed by atoms with E-state index in [-0.39, 0.29) is 17.0 Å². The van der Waals surface area contributed by atoms with E-state index in [1.54, 1.807) is 11.4 Å². The summed E-state index contributed by atoms with van der Waals surface area (Å²) in [7, 11) is 2.04. The Morgan fingerprint density at radius 2 is 1.80 bits per heavy atom. The molecule has 7 nitrogen and oxygen atoms in total. The quantitative estimate of drug-likeness (QED) is 0.193.